The number of carbonyl (C=O) groups is 1. The van der Waals surface area contributed by atoms with Gasteiger partial charge < -0.3 is 9.64 Å². The number of rotatable bonds is 3. The van der Waals surface area contributed by atoms with Crippen LogP contribution in [0.4, 0.5) is 0 Å². The first-order valence-corrected chi connectivity index (χ1v) is 7.19. The van der Waals surface area contributed by atoms with Crippen LogP contribution < -0.4 is 4.74 Å². The minimum absolute atomic E-state index is 0.0975. The molecular formula is C15H20N2O2. The van der Waals surface area contributed by atoms with Gasteiger partial charge in [0, 0.05) is 31.1 Å². The summed E-state index contributed by atoms with van der Waals surface area (Å²) in [6, 6.07) is 5.65. The van der Waals surface area contributed by atoms with Crippen molar-refractivity contribution in [3.05, 3.63) is 24.4 Å². The number of likely N-dealkylation sites (tertiary alicyclic amines) is 1. The molecule has 1 aliphatic heterocycles. The second-order valence-electron chi connectivity index (χ2n) is 5.46. The lowest BCUT2D eigenvalue weighted by molar-refractivity contribution is -0.134. The normalized spacial score (nSPS) is 23.8. The Morgan fingerprint density at radius 3 is 2.84 bits per heavy atom. The molecule has 2 heterocycles. The Hall–Kier alpha value is -1.58. The first kappa shape index (κ1) is 12.5. The largest absolute Gasteiger partial charge is 0.472 e. The lowest BCUT2D eigenvalue weighted by atomic mass is 10.1. The molecule has 1 saturated carbocycles. The van der Waals surface area contributed by atoms with E-state index in [0.29, 0.717) is 18.3 Å². The number of hydrogen-bond donors (Lipinski definition) is 0. The zero-order chi connectivity index (χ0) is 13.1. The Bertz CT molecular complexity index is 429. The molecule has 0 spiro atoms. The second-order valence-corrected chi connectivity index (χ2v) is 5.46. The number of amides is 1. The van der Waals surface area contributed by atoms with Crippen LogP contribution in [0.25, 0.3) is 0 Å². The highest BCUT2D eigenvalue weighted by Crippen LogP contribution is 2.28. The van der Waals surface area contributed by atoms with E-state index >= 15 is 0 Å². The molecule has 1 aromatic heterocycles. The number of nitrogens with zero attached hydrogens (tertiary/aromatic N) is 2. The molecule has 19 heavy (non-hydrogen) atoms. The van der Waals surface area contributed by atoms with Gasteiger partial charge in [-0.2, -0.15) is 0 Å². The molecule has 2 aliphatic rings. The van der Waals surface area contributed by atoms with Crippen LogP contribution in [0.3, 0.4) is 0 Å². The van der Waals surface area contributed by atoms with Crippen LogP contribution in [0.2, 0.25) is 0 Å². The Labute approximate surface area is 113 Å². The van der Waals surface area contributed by atoms with Crippen LogP contribution in [-0.2, 0) is 4.79 Å². The Kier molecular flexibility index (Phi) is 3.67. The highest BCUT2D eigenvalue weighted by Gasteiger charge is 2.33. The lowest BCUT2D eigenvalue weighted by Crippen LogP contribution is -2.34. The van der Waals surface area contributed by atoms with Gasteiger partial charge in [0.1, 0.15) is 6.10 Å². The van der Waals surface area contributed by atoms with Gasteiger partial charge in [0.05, 0.1) is 6.54 Å². The Morgan fingerprint density at radius 1 is 1.26 bits per heavy atom. The van der Waals surface area contributed by atoms with Gasteiger partial charge in [0.25, 0.3) is 0 Å². The number of pyridine rings is 1. The maximum atomic E-state index is 12.3. The van der Waals surface area contributed by atoms with E-state index in [1.54, 1.807) is 6.20 Å². The van der Waals surface area contributed by atoms with Crippen molar-refractivity contribution in [2.45, 2.75) is 38.2 Å². The molecule has 0 aromatic carbocycles. The summed E-state index contributed by atoms with van der Waals surface area (Å²) < 4.78 is 5.81. The van der Waals surface area contributed by atoms with Gasteiger partial charge in [-0.3, -0.25) is 4.79 Å². The summed E-state index contributed by atoms with van der Waals surface area (Å²) in [5.74, 6) is 1.26. The summed E-state index contributed by atoms with van der Waals surface area (Å²) in [6.45, 7) is 1.54. The number of aromatic nitrogens is 1. The van der Waals surface area contributed by atoms with Crippen LogP contribution >= 0.6 is 0 Å². The zero-order valence-electron chi connectivity index (χ0n) is 11.1. The molecule has 3 rings (SSSR count). The summed E-state index contributed by atoms with van der Waals surface area (Å²) in [4.78, 5) is 18.4. The molecule has 1 atom stereocenters. The predicted octanol–water partition coefficient (Wildman–Crippen LogP) is 2.25. The molecule has 1 aliphatic carbocycles. The van der Waals surface area contributed by atoms with E-state index in [1.165, 1.54) is 12.8 Å². The molecule has 1 aromatic rings. The quantitative estimate of drug-likeness (QED) is 0.837. The van der Waals surface area contributed by atoms with E-state index < -0.39 is 0 Å². The number of hydrogen-bond acceptors (Lipinski definition) is 3. The fourth-order valence-corrected chi connectivity index (χ4v) is 3.04. The summed E-state index contributed by atoms with van der Waals surface area (Å²) in [5.41, 5.74) is 0. The van der Waals surface area contributed by atoms with Gasteiger partial charge >= 0.3 is 0 Å². The Morgan fingerprint density at radius 2 is 2.11 bits per heavy atom. The van der Waals surface area contributed by atoms with E-state index in [0.717, 1.165) is 25.8 Å². The van der Waals surface area contributed by atoms with Crippen molar-refractivity contribution in [2.24, 2.45) is 5.92 Å². The SMILES string of the molecule is O=C(C1CCCC1)N1CCC(Oc2ccccn2)C1. The predicted molar refractivity (Wildman–Crippen MR) is 71.8 cm³/mol. The van der Waals surface area contributed by atoms with E-state index in [2.05, 4.69) is 4.98 Å². The molecule has 0 N–H and O–H groups in total. The molecule has 4 heteroatoms. The van der Waals surface area contributed by atoms with E-state index in [-0.39, 0.29) is 12.0 Å². The van der Waals surface area contributed by atoms with Crippen molar-refractivity contribution in [3.8, 4) is 5.88 Å². The molecule has 102 valence electrons. The number of ether oxygens (including phenoxy) is 1. The van der Waals surface area contributed by atoms with E-state index in [9.17, 15) is 4.79 Å². The van der Waals surface area contributed by atoms with Gasteiger partial charge in [-0.25, -0.2) is 4.98 Å². The van der Waals surface area contributed by atoms with Crippen LogP contribution in [0.15, 0.2) is 24.4 Å². The van der Waals surface area contributed by atoms with Gasteiger partial charge in [-0.05, 0) is 18.9 Å². The average Bonchev–Trinajstić information content (AvgIpc) is 3.10. The molecule has 1 amide bonds. The van der Waals surface area contributed by atoms with Crippen molar-refractivity contribution >= 4 is 5.91 Å². The summed E-state index contributed by atoms with van der Waals surface area (Å²) in [7, 11) is 0. The maximum Gasteiger partial charge on any atom is 0.225 e. The van der Waals surface area contributed by atoms with Crippen molar-refractivity contribution in [1.29, 1.82) is 0 Å². The van der Waals surface area contributed by atoms with Crippen LogP contribution in [0.1, 0.15) is 32.1 Å². The molecule has 0 bridgehead atoms. The standard InChI is InChI=1S/C15H20N2O2/c18-15(12-5-1-2-6-12)17-10-8-13(11-17)19-14-7-3-4-9-16-14/h3-4,7,9,12-13H,1-2,5-6,8,10-11H2. The van der Waals surface area contributed by atoms with Gasteiger partial charge in [-0.15, -0.1) is 0 Å². The van der Waals surface area contributed by atoms with Gasteiger partial charge in [0.2, 0.25) is 11.8 Å². The minimum atomic E-state index is 0.0975. The Balaban J connectivity index is 1.53. The zero-order valence-corrected chi connectivity index (χ0v) is 11.1. The first-order valence-electron chi connectivity index (χ1n) is 7.19. The highest BCUT2D eigenvalue weighted by molar-refractivity contribution is 5.79. The van der Waals surface area contributed by atoms with Crippen LogP contribution in [-0.4, -0.2) is 35.0 Å². The van der Waals surface area contributed by atoms with Crippen molar-refractivity contribution in [1.82, 2.24) is 9.88 Å². The lowest BCUT2D eigenvalue weighted by Gasteiger charge is -2.20. The van der Waals surface area contributed by atoms with Crippen molar-refractivity contribution < 1.29 is 9.53 Å². The summed E-state index contributed by atoms with van der Waals surface area (Å²) in [5, 5.41) is 0. The number of carbonyl (C=O) groups excluding carboxylic acids is 1. The third-order valence-electron chi connectivity index (χ3n) is 4.09. The smallest absolute Gasteiger partial charge is 0.225 e. The second kappa shape index (κ2) is 5.59. The molecule has 4 nitrogen and oxygen atoms in total. The fourth-order valence-electron chi connectivity index (χ4n) is 3.04. The third kappa shape index (κ3) is 2.88. The topological polar surface area (TPSA) is 42.4 Å². The fraction of sp³-hybridized carbons (Fsp3) is 0.600. The molecule has 2 fully saturated rings. The molecular weight excluding hydrogens is 240 g/mol. The van der Waals surface area contributed by atoms with E-state index in [4.69, 9.17) is 4.74 Å². The molecule has 1 unspecified atom stereocenters. The minimum Gasteiger partial charge on any atom is -0.472 e. The van der Waals surface area contributed by atoms with Gasteiger partial charge in [0.15, 0.2) is 0 Å². The highest BCUT2D eigenvalue weighted by atomic mass is 16.5. The molecule has 1 saturated heterocycles. The van der Waals surface area contributed by atoms with Crippen molar-refractivity contribution in [3.63, 3.8) is 0 Å². The average molecular weight is 260 g/mol. The summed E-state index contributed by atoms with van der Waals surface area (Å²) >= 11 is 0. The maximum absolute atomic E-state index is 12.3. The molecule has 0 radical (unpaired) electrons. The van der Waals surface area contributed by atoms with Crippen LogP contribution in [0.5, 0.6) is 5.88 Å². The summed E-state index contributed by atoms with van der Waals surface area (Å²) in [6.07, 6.45) is 7.29. The van der Waals surface area contributed by atoms with Crippen LogP contribution in [0, 0.1) is 5.92 Å². The third-order valence-corrected chi connectivity index (χ3v) is 4.09. The van der Waals surface area contributed by atoms with Gasteiger partial charge in [-0.1, -0.05) is 18.9 Å². The monoisotopic (exact) mass is 260 g/mol. The first-order chi connectivity index (χ1) is 9.33. The van der Waals surface area contributed by atoms with E-state index in [1.807, 2.05) is 23.1 Å². The van der Waals surface area contributed by atoms with Crippen molar-refractivity contribution in [2.75, 3.05) is 13.1 Å².